The summed E-state index contributed by atoms with van der Waals surface area (Å²) in [5.74, 6) is -0.0200. The summed E-state index contributed by atoms with van der Waals surface area (Å²) in [4.78, 5) is 24.7. The lowest BCUT2D eigenvalue weighted by Crippen LogP contribution is -2.45. The average molecular weight is 1220 g/mol. The van der Waals surface area contributed by atoms with Gasteiger partial charge < -0.3 is 20.3 Å². The van der Waals surface area contributed by atoms with Crippen LogP contribution in [0.4, 0.5) is 0 Å². The summed E-state index contributed by atoms with van der Waals surface area (Å²) in [6.45, 7) is 4.97. The fraction of sp³-hybridized carbons (Fsp3) is 0.901. The highest BCUT2D eigenvalue weighted by Crippen LogP contribution is 2.20. The first-order chi connectivity index (χ1) is 43.0. The van der Waals surface area contributed by atoms with Crippen LogP contribution < -0.4 is 5.32 Å². The van der Waals surface area contributed by atoms with Gasteiger partial charge in [0.2, 0.25) is 5.91 Å². The van der Waals surface area contributed by atoms with Gasteiger partial charge in [0.15, 0.2) is 0 Å². The largest absolute Gasteiger partial charge is 0.466 e. The maximum atomic E-state index is 12.6. The normalized spacial score (nSPS) is 12.6. The van der Waals surface area contributed by atoms with Crippen molar-refractivity contribution in [3.8, 4) is 0 Å². The maximum absolute atomic E-state index is 12.6. The zero-order chi connectivity index (χ0) is 62.8. The molecule has 514 valence electrons. The molecule has 0 bridgehead atoms. The average Bonchev–Trinajstić information content (AvgIpc) is 3.53. The van der Waals surface area contributed by atoms with Crippen LogP contribution in [0.15, 0.2) is 36.5 Å². The highest BCUT2D eigenvalue weighted by atomic mass is 16.5. The van der Waals surface area contributed by atoms with Gasteiger partial charge >= 0.3 is 5.97 Å². The van der Waals surface area contributed by atoms with E-state index < -0.39 is 12.1 Å². The fourth-order valence-electron chi connectivity index (χ4n) is 12.6. The van der Waals surface area contributed by atoms with Crippen molar-refractivity contribution in [2.75, 3.05) is 13.2 Å². The van der Waals surface area contributed by atoms with Gasteiger partial charge in [-0.25, -0.2) is 0 Å². The second-order valence-electron chi connectivity index (χ2n) is 27.4. The van der Waals surface area contributed by atoms with Gasteiger partial charge in [-0.2, -0.15) is 0 Å². The molecular weight excluding hydrogens is 1070 g/mol. The number of aliphatic hydroxyl groups is 2. The molecular formula is C81H155NO5. The lowest BCUT2D eigenvalue weighted by atomic mass is 10.0. The number of carbonyl (C=O) groups is 2. The van der Waals surface area contributed by atoms with Crippen LogP contribution in [0, 0.1) is 0 Å². The van der Waals surface area contributed by atoms with Crippen LogP contribution in [-0.2, 0) is 14.3 Å². The Hall–Kier alpha value is -1.92. The van der Waals surface area contributed by atoms with Crippen molar-refractivity contribution in [2.45, 2.75) is 456 Å². The van der Waals surface area contributed by atoms with Gasteiger partial charge in [-0.15, -0.1) is 0 Å². The number of unbranched alkanes of at least 4 members (excludes halogenated alkanes) is 58. The molecule has 0 spiro atoms. The molecule has 0 aromatic rings. The van der Waals surface area contributed by atoms with Crippen LogP contribution in [0.5, 0.6) is 0 Å². The zero-order valence-electron chi connectivity index (χ0n) is 59.0. The standard InChI is InChI=1S/C81H155NO5/c1-3-5-7-9-11-13-15-17-19-21-23-24-25-28-31-34-38-41-45-49-53-57-61-65-69-73-79(84)78(77-83)82-80(85)74-70-66-62-58-54-50-46-42-39-35-32-29-26-27-30-33-36-40-44-48-52-56-60-64-68-72-76-87-81(86)75-71-67-63-59-55-51-47-43-37-22-20-18-16-14-12-10-8-6-4-2/h12,14,18,20,26,29,78-79,83-84H,3-11,13,15-17,19,21-25,27-28,30-77H2,1-2H3,(H,82,85)/b14-12-,20-18-,29-26-. The smallest absolute Gasteiger partial charge is 0.305 e. The highest BCUT2D eigenvalue weighted by molar-refractivity contribution is 5.76. The van der Waals surface area contributed by atoms with Crippen molar-refractivity contribution in [1.82, 2.24) is 5.32 Å². The molecule has 0 rings (SSSR count). The molecule has 0 heterocycles. The molecule has 87 heavy (non-hydrogen) atoms. The molecule has 0 aliphatic carbocycles. The number of allylic oxidation sites excluding steroid dienone is 6. The number of carbonyl (C=O) groups excluding carboxylic acids is 2. The molecule has 0 fully saturated rings. The molecule has 0 aromatic heterocycles. The Labute approximate surface area is 544 Å². The van der Waals surface area contributed by atoms with Crippen LogP contribution in [0.25, 0.3) is 0 Å². The minimum atomic E-state index is -0.668. The zero-order valence-corrected chi connectivity index (χ0v) is 59.0. The number of esters is 1. The van der Waals surface area contributed by atoms with E-state index in [0.717, 1.165) is 51.4 Å². The number of nitrogens with one attached hydrogen (secondary N) is 1. The molecule has 1 amide bonds. The summed E-state index contributed by atoms with van der Waals surface area (Å²) in [6.07, 6.45) is 99.4. The predicted molar refractivity (Wildman–Crippen MR) is 384 cm³/mol. The van der Waals surface area contributed by atoms with Crippen molar-refractivity contribution in [2.24, 2.45) is 0 Å². The Bertz CT molecular complexity index is 1410. The van der Waals surface area contributed by atoms with Crippen LogP contribution in [0.3, 0.4) is 0 Å². The summed E-state index contributed by atoms with van der Waals surface area (Å²) in [7, 11) is 0. The Balaban J connectivity index is 3.38. The van der Waals surface area contributed by atoms with Crippen LogP contribution in [0.2, 0.25) is 0 Å². The van der Waals surface area contributed by atoms with Crippen molar-refractivity contribution >= 4 is 11.9 Å². The molecule has 0 aromatic carbocycles. The molecule has 3 N–H and O–H groups in total. The van der Waals surface area contributed by atoms with E-state index in [0.29, 0.717) is 25.9 Å². The van der Waals surface area contributed by atoms with E-state index in [1.807, 2.05) is 0 Å². The number of hydrogen-bond acceptors (Lipinski definition) is 5. The van der Waals surface area contributed by atoms with Crippen molar-refractivity contribution in [3.05, 3.63) is 36.5 Å². The quantitative estimate of drug-likeness (QED) is 0.0320. The Kier molecular flexibility index (Phi) is 74.8. The second kappa shape index (κ2) is 76.5. The summed E-state index contributed by atoms with van der Waals surface area (Å²) in [5.41, 5.74) is 0. The predicted octanol–water partition coefficient (Wildman–Crippen LogP) is 26.2. The van der Waals surface area contributed by atoms with E-state index >= 15 is 0 Å². The summed E-state index contributed by atoms with van der Waals surface area (Å²) >= 11 is 0. The number of amides is 1. The first-order valence-corrected chi connectivity index (χ1v) is 39.7. The summed E-state index contributed by atoms with van der Waals surface area (Å²) < 4.78 is 5.51. The van der Waals surface area contributed by atoms with Gasteiger partial charge in [-0.3, -0.25) is 9.59 Å². The first kappa shape index (κ1) is 85.1. The fourth-order valence-corrected chi connectivity index (χ4v) is 12.6. The SMILES string of the molecule is CCCCC/C=C\C/C=C\CCCCCCCCCCCC(=O)OCCCCCCCCCCCCCC/C=C\CCCCCCCCCCCCC(=O)NC(CO)C(O)CCCCCCCCCCCCCCCCCCCCCCCCCCC. The molecule has 2 atom stereocenters. The number of aliphatic hydroxyl groups excluding tert-OH is 2. The monoisotopic (exact) mass is 1220 g/mol. The van der Waals surface area contributed by atoms with Gasteiger partial charge in [0.05, 0.1) is 25.4 Å². The van der Waals surface area contributed by atoms with Gasteiger partial charge in [0.1, 0.15) is 0 Å². The van der Waals surface area contributed by atoms with Crippen molar-refractivity contribution in [3.63, 3.8) is 0 Å². The Morgan fingerprint density at radius 2 is 0.575 bits per heavy atom. The third-order valence-corrected chi connectivity index (χ3v) is 18.7. The topological polar surface area (TPSA) is 95.9 Å². The minimum absolute atomic E-state index is 0.0116. The molecule has 0 saturated carbocycles. The number of ether oxygens (including phenoxy) is 1. The summed E-state index contributed by atoms with van der Waals surface area (Å²) in [5, 5.41) is 23.5. The van der Waals surface area contributed by atoms with Gasteiger partial charge in [-0.1, -0.05) is 384 Å². The van der Waals surface area contributed by atoms with E-state index in [9.17, 15) is 19.8 Å². The summed E-state index contributed by atoms with van der Waals surface area (Å²) in [6, 6.07) is -0.545. The third-order valence-electron chi connectivity index (χ3n) is 18.7. The van der Waals surface area contributed by atoms with E-state index in [1.54, 1.807) is 0 Å². The van der Waals surface area contributed by atoms with Crippen LogP contribution >= 0.6 is 0 Å². The number of rotatable bonds is 75. The van der Waals surface area contributed by atoms with E-state index in [-0.39, 0.29) is 18.5 Å². The van der Waals surface area contributed by atoms with E-state index in [1.165, 1.54) is 360 Å². The van der Waals surface area contributed by atoms with Crippen molar-refractivity contribution in [1.29, 1.82) is 0 Å². The van der Waals surface area contributed by atoms with E-state index in [2.05, 4.69) is 55.6 Å². The van der Waals surface area contributed by atoms with Crippen LogP contribution in [-0.4, -0.2) is 47.4 Å². The van der Waals surface area contributed by atoms with Gasteiger partial charge in [0.25, 0.3) is 0 Å². The van der Waals surface area contributed by atoms with Gasteiger partial charge in [0, 0.05) is 12.8 Å². The maximum Gasteiger partial charge on any atom is 0.305 e. The lowest BCUT2D eigenvalue weighted by molar-refractivity contribution is -0.143. The first-order valence-electron chi connectivity index (χ1n) is 39.7. The Morgan fingerprint density at radius 1 is 0.322 bits per heavy atom. The Morgan fingerprint density at radius 3 is 0.908 bits per heavy atom. The third kappa shape index (κ3) is 73.0. The lowest BCUT2D eigenvalue weighted by Gasteiger charge is -2.22. The highest BCUT2D eigenvalue weighted by Gasteiger charge is 2.20. The minimum Gasteiger partial charge on any atom is -0.466 e. The molecule has 6 nitrogen and oxygen atoms in total. The molecule has 0 aliphatic heterocycles. The molecule has 2 unspecified atom stereocenters. The van der Waals surface area contributed by atoms with Gasteiger partial charge in [-0.05, 0) is 83.5 Å². The second-order valence-corrected chi connectivity index (χ2v) is 27.4. The van der Waals surface area contributed by atoms with Crippen molar-refractivity contribution < 1.29 is 24.5 Å². The molecule has 6 heteroatoms. The molecule has 0 saturated heterocycles. The van der Waals surface area contributed by atoms with E-state index in [4.69, 9.17) is 4.74 Å². The van der Waals surface area contributed by atoms with Crippen LogP contribution in [0.1, 0.15) is 444 Å². The molecule has 0 radical (unpaired) electrons. The molecule has 0 aliphatic rings. The number of hydrogen-bond donors (Lipinski definition) is 3.